The summed E-state index contributed by atoms with van der Waals surface area (Å²) < 4.78 is 28.7. The largest absolute Gasteiger partial charge is 0.459 e. The molecule has 0 radical (unpaired) electrons. The number of rotatable bonds is 1. The van der Waals surface area contributed by atoms with E-state index >= 15 is 0 Å². The van der Waals surface area contributed by atoms with E-state index < -0.39 is 0 Å². The molecule has 0 amide bonds. The van der Waals surface area contributed by atoms with Gasteiger partial charge in [-0.25, -0.2) is 0 Å². The normalized spacial score (nSPS) is 14.7. The second-order valence-corrected chi connectivity index (χ2v) is 20.0. The van der Waals surface area contributed by atoms with Crippen molar-refractivity contribution in [2.24, 2.45) is 0 Å². The Morgan fingerprint density at radius 2 is 0.889 bits per heavy atom. The van der Waals surface area contributed by atoms with Gasteiger partial charge < -0.3 is 23.8 Å². The molecule has 9 heteroatoms. The Labute approximate surface area is 372 Å². The maximum atomic E-state index is 7.42. The number of anilines is 3. The van der Waals surface area contributed by atoms with Crippen LogP contribution in [0.4, 0.5) is 17.1 Å². The van der Waals surface area contributed by atoms with Crippen molar-refractivity contribution in [1.82, 2.24) is 0 Å². The van der Waals surface area contributed by atoms with Crippen molar-refractivity contribution in [2.75, 3.05) is 4.90 Å². The lowest BCUT2D eigenvalue weighted by atomic mass is 9.29. The van der Waals surface area contributed by atoms with Crippen molar-refractivity contribution in [3.05, 3.63) is 156 Å². The molecule has 6 aliphatic heterocycles. The molecule has 0 atom stereocenters. The molecule has 0 bridgehead atoms. The van der Waals surface area contributed by atoms with E-state index in [9.17, 15) is 0 Å². The molecule has 0 fully saturated rings. The molecule has 298 valence electrons. The molecule has 0 N–H and O–H groups in total. The highest BCUT2D eigenvalue weighted by Gasteiger charge is 2.52. The van der Waals surface area contributed by atoms with Gasteiger partial charge in [0, 0.05) is 43.8 Å². The smallest absolute Gasteiger partial charge is 0.260 e. The molecule has 0 saturated heterocycles. The summed E-state index contributed by atoms with van der Waals surface area (Å²) in [6, 6.07) is 50.4. The number of para-hydroxylation sites is 4. The first-order valence-corrected chi connectivity index (χ1v) is 22.7. The van der Waals surface area contributed by atoms with Crippen LogP contribution in [-0.2, 0) is 5.41 Å². The molecule has 5 nitrogen and oxygen atoms in total. The summed E-state index contributed by atoms with van der Waals surface area (Å²) in [5.74, 6) is 6.90. The summed E-state index contributed by atoms with van der Waals surface area (Å²) in [7, 11) is 0. The van der Waals surface area contributed by atoms with E-state index in [1.54, 1.807) is 0 Å². The highest BCUT2D eigenvalue weighted by Crippen LogP contribution is 2.50. The third-order valence-electron chi connectivity index (χ3n) is 14.0. The third-order valence-corrected chi connectivity index (χ3v) is 15.1. The molecule has 0 aliphatic carbocycles. The molecule has 0 spiro atoms. The number of fused-ring (bicyclic) bond motifs is 14. The first kappa shape index (κ1) is 35.9. The van der Waals surface area contributed by atoms with E-state index in [2.05, 4.69) is 179 Å². The van der Waals surface area contributed by atoms with Crippen molar-refractivity contribution in [1.29, 1.82) is 0 Å². The van der Waals surface area contributed by atoms with Crippen molar-refractivity contribution in [2.45, 2.75) is 49.8 Å². The first-order valence-electron chi connectivity index (χ1n) is 21.9. The highest BCUT2D eigenvalue weighted by molar-refractivity contribution is 8.00. The van der Waals surface area contributed by atoms with Gasteiger partial charge in [0.15, 0.2) is 0 Å². The van der Waals surface area contributed by atoms with Crippen LogP contribution in [0.5, 0.6) is 46.0 Å². The summed E-state index contributed by atoms with van der Waals surface area (Å²) in [5.41, 5.74) is 17.1. The van der Waals surface area contributed by atoms with E-state index in [0.717, 1.165) is 112 Å². The fourth-order valence-electron chi connectivity index (χ4n) is 11.4. The van der Waals surface area contributed by atoms with Gasteiger partial charge >= 0.3 is 0 Å². The molecule has 8 aromatic rings. The van der Waals surface area contributed by atoms with Crippen LogP contribution in [0, 0.1) is 13.8 Å². The van der Waals surface area contributed by atoms with Gasteiger partial charge in [0.2, 0.25) is 0 Å². The van der Waals surface area contributed by atoms with E-state index in [4.69, 9.17) is 18.9 Å². The predicted molar refractivity (Wildman–Crippen MR) is 260 cm³/mol. The molecule has 0 unspecified atom stereocenters. The second kappa shape index (κ2) is 12.5. The standard InChI is InChI=1S/C54H38B3NO4S/c1-29-22-30(2)24-32(23-29)58-37-25-31(54(3,4)5)26-45-47(37)57(48-38(58)27-43-49-52(48)61-41-20-12-8-16-35(41)55(49)33-14-6-10-18-39(33)59-43)51-46(63-45)28-44-50-53(51)62-42-21-13-9-17-36(42)56(50)34-15-7-11-19-40(34)60-44/h6-28H,1-5H3. The Bertz CT molecular complexity index is 3350. The minimum Gasteiger partial charge on any atom is -0.459 e. The minimum absolute atomic E-state index is 0.0570. The van der Waals surface area contributed by atoms with Crippen LogP contribution >= 0.6 is 11.8 Å². The summed E-state index contributed by atoms with van der Waals surface area (Å²) in [6.45, 7) is 10.9. The maximum Gasteiger partial charge on any atom is 0.260 e. The van der Waals surface area contributed by atoms with Crippen molar-refractivity contribution < 1.29 is 18.9 Å². The SMILES string of the molecule is Cc1cc(C)cc(N2c3cc(C(C)(C)C)cc4c3B(c3c(cc5c6c3Oc3ccccc3B6c3ccccc3O5)S4)c3c2cc2c4c3Oc3ccccc3B4c3ccccc3O2)c1. The quantitative estimate of drug-likeness (QED) is 0.157. The fraction of sp³-hybridized carbons (Fsp3) is 0.111. The van der Waals surface area contributed by atoms with Crippen LogP contribution in [0.25, 0.3) is 0 Å². The number of benzene rings is 8. The Hall–Kier alpha value is -6.70. The molecule has 0 aromatic heterocycles. The summed E-state index contributed by atoms with van der Waals surface area (Å²) in [6.07, 6.45) is 0. The molecule has 6 heterocycles. The monoisotopic (exact) mass is 829 g/mol. The van der Waals surface area contributed by atoms with Crippen LogP contribution in [0.15, 0.2) is 149 Å². The second-order valence-electron chi connectivity index (χ2n) is 18.9. The first-order chi connectivity index (χ1) is 30.7. The zero-order chi connectivity index (χ0) is 42.0. The third kappa shape index (κ3) is 4.89. The van der Waals surface area contributed by atoms with Crippen molar-refractivity contribution in [3.63, 3.8) is 0 Å². The van der Waals surface area contributed by atoms with Gasteiger partial charge in [-0.1, -0.05) is 111 Å². The van der Waals surface area contributed by atoms with Crippen LogP contribution in [-0.4, -0.2) is 20.1 Å². The van der Waals surface area contributed by atoms with Crippen LogP contribution < -0.4 is 73.0 Å². The van der Waals surface area contributed by atoms with E-state index in [1.165, 1.54) is 27.0 Å². The Balaban J connectivity index is 1.13. The van der Waals surface area contributed by atoms with Gasteiger partial charge in [-0.3, -0.25) is 0 Å². The average molecular weight is 829 g/mol. The van der Waals surface area contributed by atoms with Gasteiger partial charge in [0.1, 0.15) is 46.0 Å². The Morgan fingerprint density at radius 1 is 0.429 bits per heavy atom. The lowest BCUT2D eigenvalue weighted by Crippen LogP contribution is -2.66. The van der Waals surface area contributed by atoms with E-state index in [0.29, 0.717) is 0 Å². The van der Waals surface area contributed by atoms with E-state index in [-0.39, 0.29) is 25.6 Å². The molecular weight excluding hydrogens is 791 g/mol. The number of hydrogen-bond acceptors (Lipinski definition) is 6. The number of hydrogen-bond donors (Lipinski definition) is 0. The van der Waals surface area contributed by atoms with Crippen molar-refractivity contribution >= 4 is 98.1 Å². The number of aryl methyl sites for hydroxylation is 2. The van der Waals surface area contributed by atoms with Gasteiger partial charge in [-0.05, 0) is 129 Å². The predicted octanol–water partition coefficient (Wildman–Crippen LogP) is 7.82. The summed E-state index contributed by atoms with van der Waals surface area (Å²) >= 11 is 1.83. The summed E-state index contributed by atoms with van der Waals surface area (Å²) in [5, 5.41) is 0. The number of ether oxygens (including phenoxy) is 4. The highest BCUT2D eigenvalue weighted by atomic mass is 32.2. The molecular formula is C54H38B3NO4S. The zero-order valence-corrected chi connectivity index (χ0v) is 36.3. The van der Waals surface area contributed by atoms with Crippen LogP contribution in [0.3, 0.4) is 0 Å². The van der Waals surface area contributed by atoms with Gasteiger partial charge in [-0.2, -0.15) is 0 Å². The van der Waals surface area contributed by atoms with Gasteiger partial charge in [0.25, 0.3) is 20.1 Å². The maximum absolute atomic E-state index is 7.42. The zero-order valence-electron chi connectivity index (χ0n) is 35.5. The van der Waals surface area contributed by atoms with Crippen molar-refractivity contribution in [3.8, 4) is 46.0 Å². The lowest BCUT2D eigenvalue weighted by molar-refractivity contribution is 0.464. The van der Waals surface area contributed by atoms with Gasteiger partial charge in [-0.15, -0.1) is 0 Å². The Kier molecular flexibility index (Phi) is 7.10. The molecule has 14 rings (SSSR count). The minimum atomic E-state index is -0.260. The fourth-order valence-corrected chi connectivity index (χ4v) is 12.6. The molecule has 6 aliphatic rings. The number of nitrogens with zero attached hydrogens (tertiary/aromatic N) is 1. The molecule has 8 aromatic carbocycles. The Morgan fingerprint density at radius 3 is 1.43 bits per heavy atom. The molecule has 63 heavy (non-hydrogen) atoms. The lowest BCUT2D eigenvalue weighted by Gasteiger charge is -2.45. The van der Waals surface area contributed by atoms with E-state index in [1.807, 2.05) is 11.8 Å². The average Bonchev–Trinajstić information content (AvgIpc) is 3.27. The molecule has 0 saturated carbocycles. The van der Waals surface area contributed by atoms with Gasteiger partial charge in [0.05, 0.1) is 0 Å². The topological polar surface area (TPSA) is 40.2 Å². The van der Waals surface area contributed by atoms with Crippen LogP contribution in [0.1, 0.15) is 37.5 Å². The summed E-state index contributed by atoms with van der Waals surface area (Å²) in [4.78, 5) is 4.85. The van der Waals surface area contributed by atoms with Crippen LogP contribution in [0.2, 0.25) is 0 Å².